The molecule has 1 amide bonds. The van der Waals surface area contributed by atoms with Crippen molar-refractivity contribution >= 4 is 11.9 Å². The summed E-state index contributed by atoms with van der Waals surface area (Å²) in [5, 5.41) is 112. The number of aliphatic hydroxyl groups is 10. The van der Waals surface area contributed by atoms with E-state index in [9.17, 15) is 60.7 Å². The van der Waals surface area contributed by atoms with Crippen molar-refractivity contribution in [2.75, 3.05) is 6.61 Å². The summed E-state index contributed by atoms with van der Waals surface area (Å²) in [5.41, 5.74) is 12.4. The first-order valence-corrected chi connectivity index (χ1v) is 24.7. The minimum absolute atomic E-state index is 0.0906. The van der Waals surface area contributed by atoms with Gasteiger partial charge in [0.25, 0.3) is 0 Å². The minimum Gasteiger partial charge on any atom is -0.462 e. The fraction of sp³-hybridized carbons (Fsp3) is 0.686. The van der Waals surface area contributed by atoms with Crippen molar-refractivity contribution in [1.29, 1.82) is 0 Å². The van der Waals surface area contributed by atoms with E-state index in [1.54, 1.807) is 55.5 Å². The van der Waals surface area contributed by atoms with Gasteiger partial charge in [0.1, 0.15) is 12.2 Å². The summed E-state index contributed by atoms with van der Waals surface area (Å²) < 4.78 is 23.5. The maximum atomic E-state index is 14.1. The minimum atomic E-state index is -2.27. The third kappa shape index (κ3) is 20.2. The van der Waals surface area contributed by atoms with Gasteiger partial charge < -0.3 is 86.8 Å². The number of ether oxygens (including phenoxy) is 4. The van der Waals surface area contributed by atoms with Gasteiger partial charge in [0.15, 0.2) is 12.1 Å². The smallest absolute Gasteiger partial charge is 0.308 e. The molecule has 1 saturated carbocycles. The van der Waals surface area contributed by atoms with Gasteiger partial charge in [0.05, 0.1) is 86.0 Å². The molecule has 2 saturated heterocycles. The number of rotatable bonds is 4. The average molecular weight is 992 g/mol. The molecule has 7 unspecified atom stereocenters. The average Bonchev–Trinajstić information content (AvgIpc) is 3.28. The summed E-state index contributed by atoms with van der Waals surface area (Å²) in [5.74, 6) is -5.11. The molecule has 3 aliphatic heterocycles. The molecule has 19 atom stereocenters. The van der Waals surface area contributed by atoms with E-state index in [2.05, 4.69) is 5.32 Å². The standard InChI is InChI=1S/C51H81N3O16/c1-31-17-13-11-9-7-5-3-4-6-8-10-12-14-18-36(69-50-48(64)47(53)43(62)30-67-50)27-44-46(49(65)54-38-20-16-15-19-37(38)52)42(61)29-51(66,70-44)28-35(57)25-41(60)39(58)22-21-33(55)24-34(56)26-45(63)68-32(2)23-40(31)59/h3-14,17-18,31-44,46-48,50,55-62,64,66H,15-16,19-30,52-53H2,1-2H3,(H,54,65)/b4-3+,7-5+,8-6+,11-9+,12-10+,17-13+,18-14+/t31-,32-,33?,34?,35?,36?,37+,38+,39?,40-,41?,42-,43+,44-,46+,47-,48-,50-,51?/m0/s1. The summed E-state index contributed by atoms with van der Waals surface area (Å²) >= 11 is 0. The Hall–Kier alpha value is -3.48. The van der Waals surface area contributed by atoms with Gasteiger partial charge in [0, 0.05) is 50.1 Å². The number of nitrogens with one attached hydrogen (secondary N) is 1. The molecule has 396 valence electrons. The number of nitrogens with two attached hydrogens (primary N) is 2. The Kier molecular flexibility index (Phi) is 25.2. The monoisotopic (exact) mass is 992 g/mol. The van der Waals surface area contributed by atoms with Crippen LogP contribution >= 0.6 is 0 Å². The van der Waals surface area contributed by atoms with Crippen LogP contribution in [0.1, 0.15) is 97.3 Å². The predicted octanol–water partition coefficient (Wildman–Crippen LogP) is 0.379. The van der Waals surface area contributed by atoms with Crippen LogP contribution < -0.4 is 16.8 Å². The maximum absolute atomic E-state index is 14.1. The Balaban J connectivity index is 1.59. The summed E-state index contributed by atoms with van der Waals surface area (Å²) in [6, 6.07) is -1.81. The molecule has 15 N–H and O–H groups in total. The summed E-state index contributed by atoms with van der Waals surface area (Å²) in [4.78, 5) is 26.6. The van der Waals surface area contributed by atoms with Gasteiger partial charge in [-0.15, -0.1) is 0 Å². The Morgan fingerprint density at radius 3 is 1.93 bits per heavy atom. The highest BCUT2D eigenvalue weighted by atomic mass is 16.7. The van der Waals surface area contributed by atoms with Crippen LogP contribution in [0.25, 0.3) is 0 Å². The molecule has 1 aliphatic carbocycles. The number of cyclic esters (lactones) is 1. The number of hydrogen-bond acceptors (Lipinski definition) is 18. The van der Waals surface area contributed by atoms with Crippen LogP contribution in [0.5, 0.6) is 0 Å². The number of carbonyl (C=O) groups is 2. The van der Waals surface area contributed by atoms with Gasteiger partial charge in [-0.05, 0) is 39.0 Å². The first kappa shape index (κ1) is 59.1. The third-order valence-corrected chi connectivity index (χ3v) is 13.2. The number of amides is 1. The van der Waals surface area contributed by atoms with Gasteiger partial charge in [-0.3, -0.25) is 9.59 Å². The lowest BCUT2D eigenvalue weighted by molar-refractivity contribution is -0.304. The van der Waals surface area contributed by atoms with Gasteiger partial charge in [-0.2, -0.15) is 0 Å². The highest BCUT2D eigenvalue weighted by Gasteiger charge is 2.51. The highest BCUT2D eigenvalue weighted by molar-refractivity contribution is 5.80. The molecule has 3 heterocycles. The van der Waals surface area contributed by atoms with Crippen LogP contribution in [-0.2, 0) is 28.5 Å². The summed E-state index contributed by atoms with van der Waals surface area (Å²) in [6.07, 6.45) is 8.99. The normalized spacial score (nSPS) is 44.3. The number of esters is 1. The number of aliphatic hydroxyl groups excluding tert-OH is 9. The SMILES string of the molecule is C[C@H]1C[C@H](O)[C@@H](C)/C=C/C=C/C=C/C=C/C=C/C=C/C=C/C(O[C@@H]2OC[C@@H](O)[C@H](N)[C@@H]2O)C[C@@H]2OC(O)(CC(O)CC(O)C(O)CCC(O)CC(O)CC(=O)O1)C[C@H](O)[C@H]2C(=O)N[C@@H]1CCCC[C@H]1N. The first-order chi connectivity index (χ1) is 33.2. The molecule has 4 aliphatic rings. The van der Waals surface area contributed by atoms with Gasteiger partial charge >= 0.3 is 5.97 Å². The van der Waals surface area contributed by atoms with Crippen LogP contribution in [-0.4, -0.2) is 173 Å². The Morgan fingerprint density at radius 1 is 0.671 bits per heavy atom. The van der Waals surface area contributed by atoms with E-state index in [0.717, 1.165) is 12.8 Å². The van der Waals surface area contributed by atoms with Gasteiger partial charge in [-0.1, -0.05) is 105 Å². The van der Waals surface area contributed by atoms with Crippen molar-refractivity contribution in [3.8, 4) is 0 Å². The van der Waals surface area contributed by atoms with E-state index in [0.29, 0.717) is 12.8 Å². The van der Waals surface area contributed by atoms with Crippen LogP contribution in [0.15, 0.2) is 85.1 Å². The lowest BCUT2D eigenvalue weighted by Gasteiger charge is -2.46. The predicted molar refractivity (Wildman–Crippen MR) is 259 cm³/mol. The second-order valence-electron chi connectivity index (χ2n) is 19.4. The fourth-order valence-electron chi connectivity index (χ4n) is 9.13. The summed E-state index contributed by atoms with van der Waals surface area (Å²) in [7, 11) is 0. The number of hydrogen-bond donors (Lipinski definition) is 13. The van der Waals surface area contributed by atoms with Crippen molar-refractivity contribution in [3.63, 3.8) is 0 Å². The molecule has 0 aromatic carbocycles. The number of allylic oxidation sites excluding steroid dienone is 12. The van der Waals surface area contributed by atoms with Crippen molar-refractivity contribution < 1.29 is 79.6 Å². The van der Waals surface area contributed by atoms with E-state index in [1.807, 2.05) is 43.4 Å². The molecule has 19 heteroatoms. The summed E-state index contributed by atoms with van der Waals surface area (Å²) in [6.45, 7) is 3.22. The van der Waals surface area contributed by atoms with Gasteiger partial charge in [0.2, 0.25) is 5.91 Å². The third-order valence-electron chi connectivity index (χ3n) is 13.2. The second kappa shape index (κ2) is 29.9. The van der Waals surface area contributed by atoms with E-state index < -0.39 is 135 Å². The molecule has 3 fully saturated rings. The lowest BCUT2D eigenvalue weighted by atomic mass is 9.81. The maximum Gasteiger partial charge on any atom is 0.308 e. The van der Waals surface area contributed by atoms with E-state index in [-0.39, 0.29) is 56.7 Å². The van der Waals surface area contributed by atoms with Crippen LogP contribution in [0.3, 0.4) is 0 Å². The molecular formula is C51H81N3O16. The molecule has 0 spiro atoms. The number of fused-ring (bicyclic) bond motifs is 2. The fourth-order valence-corrected chi connectivity index (χ4v) is 9.13. The van der Waals surface area contributed by atoms with Crippen LogP contribution in [0.4, 0.5) is 0 Å². The number of carbonyl (C=O) groups excluding carboxylic acids is 2. The van der Waals surface area contributed by atoms with Crippen LogP contribution in [0, 0.1) is 11.8 Å². The molecule has 0 aromatic rings. The second-order valence-corrected chi connectivity index (χ2v) is 19.4. The lowest BCUT2D eigenvalue weighted by Crippen LogP contribution is -2.61. The largest absolute Gasteiger partial charge is 0.462 e. The van der Waals surface area contributed by atoms with Crippen molar-refractivity contribution in [2.24, 2.45) is 23.3 Å². The molecule has 4 rings (SSSR count). The van der Waals surface area contributed by atoms with Gasteiger partial charge in [-0.25, -0.2) is 0 Å². The Bertz CT molecular complexity index is 1790. The van der Waals surface area contributed by atoms with Crippen LogP contribution in [0.2, 0.25) is 0 Å². The van der Waals surface area contributed by atoms with Crippen molar-refractivity contribution in [3.05, 3.63) is 85.1 Å². The first-order valence-electron chi connectivity index (χ1n) is 24.7. The Labute approximate surface area is 411 Å². The Morgan fingerprint density at radius 2 is 1.29 bits per heavy atom. The zero-order valence-corrected chi connectivity index (χ0v) is 40.5. The zero-order valence-electron chi connectivity index (χ0n) is 40.5. The quantitative estimate of drug-likeness (QED) is 0.169. The topological polar surface area (TPSA) is 337 Å². The molecule has 70 heavy (non-hydrogen) atoms. The van der Waals surface area contributed by atoms with Crippen molar-refractivity contribution in [2.45, 2.75) is 201 Å². The zero-order chi connectivity index (χ0) is 51.4. The molecule has 19 nitrogen and oxygen atoms in total. The molecule has 0 aromatic heterocycles. The van der Waals surface area contributed by atoms with E-state index >= 15 is 0 Å². The molecule has 2 bridgehead atoms. The van der Waals surface area contributed by atoms with E-state index in [1.165, 1.54) is 0 Å². The van der Waals surface area contributed by atoms with Crippen molar-refractivity contribution in [1.82, 2.24) is 5.32 Å². The van der Waals surface area contributed by atoms with E-state index in [4.69, 9.17) is 30.4 Å². The molecular weight excluding hydrogens is 911 g/mol. The highest BCUT2D eigenvalue weighted by Crippen LogP contribution is 2.38. The molecule has 0 radical (unpaired) electrons.